The normalized spacial score (nSPS) is 12.2. The number of amides is 1. The first-order valence-corrected chi connectivity index (χ1v) is 5.63. The van der Waals surface area contributed by atoms with Gasteiger partial charge in [0.05, 0.1) is 5.56 Å². The van der Waals surface area contributed by atoms with Crippen LogP contribution in [0.25, 0.3) is 0 Å². The summed E-state index contributed by atoms with van der Waals surface area (Å²) in [6.07, 6.45) is 0. The summed E-state index contributed by atoms with van der Waals surface area (Å²) in [5, 5.41) is 9.63. The van der Waals surface area contributed by atoms with Crippen molar-refractivity contribution in [2.75, 3.05) is 12.9 Å². The van der Waals surface area contributed by atoms with Gasteiger partial charge in [-0.3, -0.25) is 4.79 Å². The van der Waals surface area contributed by atoms with Crippen LogP contribution in [0, 0.1) is 6.92 Å². The lowest BCUT2D eigenvalue weighted by molar-refractivity contribution is 0.0753. The topological polar surface area (TPSA) is 40.5 Å². The second-order valence-electron chi connectivity index (χ2n) is 3.94. The lowest BCUT2D eigenvalue weighted by atomic mass is 10.1. The molecule has 1 N–H and O–H groups in total. The fourth-order valence-electron chi connectivity index (χ4n) is 1.31. The van der Waals surface area contributed by atoms with Crippen molar-refractivity contribution in [3.63, 3.8) is 0 Å². The highest BCUT2D eigenvalue weighted by Gasteiger charge is 2.19. The number of carbonyl (C=O) groups excluding carboxylic acids is 1. The molecule has 1 rings (SSSR count). The van der Waals surface area contributed by atoms with Gasteiger partial charge in [0.1, 0.15) is 5.75 Å². The molecule has 0 bridgehead atoms. The molecular weight excluding hydrogens is 226 g/mol. The van der Waals surface area contributed by atoms with Gasteiger partial charge in [-0.25, -0.2) is 0 Å². The minimum atomic E-state index is -0.214. The Bertz CT molecular complexity index is 393. The zero-order valence-corrected chi connectivity index (χ0v) is 10.5. The lowest BCUT2D eigenvalue weighted by Gasteiger charge is -2.23. The molecule has 0 heterocycles. The highest BCUT2D eigenvalue weighted by atomic mass is 35.5. The third-order valence-corrected chi connectivity index (χ3v) is 3.03. The van der Waals surface area contributed by atoms with Crippen molar-refractivity contribution in [3.05, 3.63) is 29.3 Å². The van der Waals surface area contributed by atoms with E-state index >= 15 is 0 Å². The molecule has 0 fully saturated rings. The molecule has 1 atom stereocenters. The molecule has 0 spiro atoms. The number of aryl methyl sites for hydroxylation is 1. The van der Waals surface area contributed by atoms with Gasteiger partial charge in [0.25, 0.3) is 5.91 Å². The predicted octanol–water partition coefficient (Wildman–Crippen LogP) is 2.40. The third-order valence-electron chi connectivity index (χ3n) is 2.59. The summed E-state index contributed by atoms with van der Waals surface area (Å²) in [7, 11) is 1.68. The molecule has 3 nitrogen and oxygen atoms in total. The van der Waals surface area contributed by atoms with Crippen molar-refractivity contribution in [1.82, 2.24) is 4.90 Å². The molecule has 0 aliphatic carbocycles. The fraction of sp³-hybridized carbons (Fsp3) is 0.417. The van der Waals surface area contributed by atoms with Crippen molar-refractivity contribution < 1.29 is 9.90 Å². The standard InChI is InChI=1S/C12H16ClNO2/c1-8-4-5-11(15)10(6-8)12(16)14(3)9(2)7-13/h4-6,9,15H,7H2,1-3H3. The Balaban J connectivity index is 3.00. The molecule has 4 heteroatoms. The van der Waals surface area contributed by atoms with Crippen LogP contribution in [0.15, 0.2) is 18.2 Å². The van der Waals surface area contributed by atoms with Crippen LogP contribution in [-0.2, 0) is 0 Å². The Hall–Kier alpha value is -1.22. The Morgan fingerprint density at radius 2 is 2.19 bits per heavy atom. The van der Waals surface area contributed by atoms with Gasteiger partial charge in [-0.2, -0.15) is 0 Å². The summed E-state index contributed by atoms with van der Waals surface area (Å²) in [6, 6.07) is 4.91. The van der Waals surface area contributed by atoms with Crippen LogP contribution in [0.5, 0.6) is 5.75 Å². The Morgan fingerprint density at radius 1 is 1.56 bits per heavy atom. The van der Waals surface area contributed by atoms with Crippen molar-refractivity contribution in [3.8, 4) is 5.75 Å². The van der Waals surface area contributed by atoms with Crippen LogP contribution in [0.4, 0.5) is 0 Å². The van der Waals surface area contributed by atoms with Crippen LogP contribution >= 0.6 is 11.6 Å². The van der Waals surface area contributed by atoms with Crippen molar-refractivity contribution in [2.24, 2.45) is 0 Å². The Labute approximate surface area is 101 Å². The number of hydrogen-bond donors (Lipinski definition) is 1. The molecule has 16 heavy (non-hydrogen) atoms. The van der Waals surface area contributed by atoms with Gasteiger partial charge < -0.3 is 10.0 Å². The highest BCUT2D eigenvalue weighted by Crippen LogP contribution is 2.20. The third kappa shape index (κ3) is 2.67. The second kappa shape index (κ2) is 5.21. The Morgan fingerprint density at radius 3 is 2.75 bits per heavy atom. The minimum absolute atomic E-state index is 0.00391. The lowest BCUT2D eigenvalue weighted by Crippen LogP contribution is -2.36. The number of nitrogens with zero attached hydrogens (tertiary/aromatic N) is 1. The number of phenolic OH excluding ortho intramolecular Hbond substituents is 1. The van der Waals surface area contributed by atoms with Crippen LogP contribution in [-0.4, -0.2) is 34.9 Å². The first-order chi connectivity index (χ1) is 7.47. The van der Waals surface area contributed by atoms with E-state index in [1.54, 1.807) is 19.2 Å². The first kappa shape index (κ1) is 12.8. The molecule has 0 radical (unpaired) electrons. The maximum absolute atomic E-state index is 12.0. The summed E-state index contributed by atoms with van der Waals surface area (Å²) >= 11 is 5.69. The van der Waals surface area contributed by atoms with Crippen LogP contribution in [0.1, 0.15) is 22.8 Å². The van der Waals surface area contributed by atoms with Gasteiger partial charge in [0.2, 0.25) is 0 Å². The van der Waals surface area contributed by atoms with Crippen molar-refractivity contribution in [2.45, 2.75) is 19.9 Å². The monoisotopic (exact) mass is 241 g/mol. The number of phenols is 1. The zero-order valence-electron chi connectivity index (χ0n) is 9.70. The highest BCUT2D eigenvalue weighted by molar-refractivity contribution is 6.18. The molecule has 1 aromatic carbocycles. The molecule has 0 aromatic heterocycles. The largest absolute Gasteiger partial charge is 0.507 e. The zero-order chi connectivity index (χ0) is 12.3. The quantitative estimate of drug-likeness (QED) is 0.826. The van der Waals surface area contributed by atoms with E-state index in [1.807, 2.05) is 13.8 Å². The van der Waals surface area contributed by atoms with Crippen molar-refractivity contribution >= 4 is 17.5 Å². The van der Waals surface area contributed by atoms with Gasteiger partial charge in [-0.1, -0.05) is 11.6 Å². The molecule has 1 unspecified atom stereocenters. The van der Waals surface area contributed by atoms with E-state index in [4.69, 9.17) is 11.6 Å². The van der Waals surface area contributed by atoms with E-state index < -0.39 is 0 Å². The molecule has 88 valence electrons. The van der Waals surface area contributed by atoms with Crippen LogP contribution in [0.3, 0.4) is 0 Å². The summed E-state index contributed by atoms with van der Waals surface area (Å²) in [5.74, 6) is 0.160. The number of halogens is 1. The molecule has 1 amide bonds. The number of hydrogen-bond acceptors (Lipinski definition) is 2. The van der Waals surface area contributed by atoms with E-state index in [-0.39, 0.29) is 17.7 Å². The van der Waals surface area contributed by atoms with Gasteiger partial charge in [-0.15, -0.1) is 11.6 Å². The summed E-state index contributed by atoms with van der Waals surface area (Å²) in [6.45, 7) is 3.74. The Kier molecular flexibility index (Phi) is 4.19. The molecule has 0 aliphatic rings. The second-order valence-corrected chi connectivity index (χ2v) is 4.25. The minimum Gasteiger partial charge on any atom is -0.507 e. The number of benzene rings is 1. The fourth-order valence-corrected chi connectivity index (χ4v) is 1.52. The molecule has 1 aromatic rings. The molecule has 0 aliphatic heterocycles. The predicted molar refractivity (Wildman–Crippen MR) is 65.1 cm³/mol. The molecule has 0 saturated heterocycles. The summed E-state index contributed by atoms with van der Waals surface area (Å²) in [4.78, 5) is 13.6. The van der Waals surface area contributed by atoms with Gasteiger partial charge in [0, 0.05) is 19.0 Å². The van der Waals surface area contributed by atoms with E-state index in [9.17, 15) is 9.90 Å². The van der Waals surface area contributed by atoms with Crippen LogP contribution in [0.2, 0.25) is 0 Å². The summed E-state index contributed by atoms with van der Waals surface area (Å²) < 4.78 is 0. The van der Waals surface area contributed by atoms with E-state index in [1.165, 1.54) is 11.0 Å². The molecule has 0 saturated carbocycles. The van der Waals surface area contributed by atoms with E-state index in [0.717, 1.165) is 5.56 Å². The number of carbonyl (C=O) groups is 1. The first-order valence-electron chi connectivity index (χ1n) is 5.10. The van der Waals surface area contributed by atoms with Crippen molar-refractivity contribution in [1.29, 1.82) is 0 Å². The van der Waals surface area contributed by atoms with Crippen LogP contribution < -0.4 is 0 Å². The number of alkyl halides is 1. The van der Waals surface area contributed by atoms with Gasteiger partial charge >= 0.3 is 0 Å². The van der Waals surface area contributed by atoms with Gasteiger partial charge in [0.15, 0.2) is 0 Å². The van der Waals surface area contributed by atoms with E-state index in [0.29, 0.717) is 11.4 Å². The maximum atomic E-state index is 12.0. The smallest absolute Gasteiger partial charge is 0.257 e. The number of aromatic hydroxyl groups is 1. The summed E-state index contributed by atoms with van der Waals surface area (Å²) in [5.41, 5.74) is 1.26. The average molecular weight is 242 g/mol. The SMILES string of the molecule is Cc1ccc(O)c(C(=O)N(C)C(C)CCl)c1. The van der Waals surface area contributed by atoms with Gasteiger partial charge in [-0.05, 0) is 26.0 Å². The van der Waals surface area contributed by atoms with E-state index in [2.05, 4.69) is 0 Å². The molecular formula is C12H16ClNO2. The number of rotatable bonds is 3. The average Bonchev–Trinajstić information content (AvgIpc) is 2.29. The maximum Gasteiger partial charge on any atom is 0.257 e.